The Labute approximate surface area is 113 Å². The smallest absolute Gasteiger partial charge is 0.304 e. The van der Waals surface area contributed by atoms with Crippen molar-refractivity contribution in [2.75, 3.05) is 6.54 Å². The highest BCUT2D eigenvalue weighted by atomic mass is 16.4. The Morgan fingerprint density at radius 1 is 1.16 bits per heavy atom. The van der Waals surface area contributed by atoms with Crippen molar-refractivity contribution in [3.63, 3.8) is 0 Å². The Bertz CT molecular complexity index is 437. The molecule has 0 radical (unpaired) electrons. The quantitative estimate of drug-likeness (QED) is 0.828. The summed E-state index contributed by atoms with van der Waals surface area (Å²) >= 11 is 0. The van der Waals surface area contributed by atoms with Crippen molar-refractivity contribution in [1.82, 2.24) is 5.32 Å². The molecule has 104 valence electrons. The van der Waals surface area contributed by atoms with Crippen LogP contribution in [0.3, 0.4) is 0 Å². The van der Waals surface area contributed by atoms with Gasteiger partial charge in [0.25, 0.3) is 0 Å². The summed E-state index contributed by atoms with van der Waals surface area (Å²) in [6, 6.07) is 7.93. The molecule has 1 aromatic rings. The van der Waals surface area contributed by atoms with E-state index in [2.05, 4.69) is 19.2 Å². The topological polar surface area (TPSA) is 66.4 Å². The third-order valence-corrected chi connectivity index (χ3v) is 3.09. The number of carbonyl (C=O) groups is 2. The van der Waals surface area contributed by atoms with Gasteiger partial charge in [-0.1, -0.05) is 38.1 Å². The van der Waals surface area contributed by atoms with E-state index in [1.807, 2.05) is 24.3 Å². The normalized spacial score (nSPS) is 12.2. The number of benzene rings is 1. The predicted octanol–water partition coefficient (Wildman–Crippen LogP) is 2.50. The Morgan fingerprint density at radius 3 is 2.11 bits per heavy atom. The minimum Gasteiger partial charge on any atom is -0.481 e. The van der Waals surface area contributed by atoms with E-state index in [0.29, 0.717) is 12.5 Å². The van der Waals surface area contributed by atoms with Gasteiger partial charge < -0.3 is 10.4 Å². The lowest BCUT2D eigenvalue weighted by Crippen LogP contribution is -2.27. The summed E-state index contributed by atoms with van der Waals surface area (Å²) in [5.74, 6) is -0.748. The van der Waals surface area contributed by atoms with E-state index in [9.17, 15) is 9.59 Å². The number of carboxylic acids is 1. The molecule has 1 atom stereocenters. The number of rotatable bonds is 6. The molecule has 1 unspecified atom stereocenters. The first kappa shape index (κ1) is 15.2. The zero-order chi connectivity index (χ0) is 14.4. The molecule has 0 aliphatic carbocycles. The highest BCUT2D eigenvalue weighted by Crippen LogP contribution is 2.22. The van der Waals surface area contributed by atoms with Crippen LogP contribution in [0.4, 0.5) is 0 Å². The molecule has 1 aromatic carbocycles. The van der Waals surface area contributed by atoms with Crippen LogP contribution in [-0.4, -0.2) is 23.5 Å². The molecule has 0 heterocycles. The standard InChI is InChI=1S/C15H21NO3/c1-10(2)12-4-6-13(7-5-12)14(8-15(18)19)9-16-11(3)17/h4-7,10,14H,8-9H2,1-3H3,(H,16,17)(H,18,19). The van der Waals surface area contributed by atoms with E-state index in [0.717, 1.165) is 5.56 Å². The molecule has 0 saturated carbocycles. The molecule has 0 fully saturated rings. The minimum absolute atomic E-state index is 0.0152. The molecule has 0 spiro atoms. The molecule has 0 saturated heterocycles. The van der Waals surface area contributed by atoms with Crippen molar-refractivity contribution in [2.24, 2.45) is 0 Å². The first-order chi connectivity index (χ1) is 8.90. The van der Waals surface area contributed by atoms with E-state index in [1.165, 1.54) is 12.5 Å². The Morgan fingerprint density at radius 2 is 1.68 bits per heavy atom. The average Bonchev–Trinajstić information content (AvgIpc) is 2.34. The van der Waals surface area contributed by atoms with Crippen molar-refractivity contribution in [3.8, 4) is 0 Å². The van der Waals surface area contributed by atoms with Gasteiger partial charge in [0.1, 0.15) is 0 Å². The maximum absolute atomic E-state index is 11.0. The summed E-state index contributed by atoms with van der Waals surface area (Å²) < 4.78 is 0. The van der Waals surface area contributed by atoms with Gasteiger partial charge in [-0.2, -0.15) is 0 Å². The third kappa shape index (κ3) is 5.12. The maximum atomic E-state index is 11.0. The van der Waals surface area contributed by atoms with Crippen LogP contribution >= 0.6 is 0 Å². The van der Waals surface area contributed by atoms with Crippen LogP contribution in [0.2, 0.25) is 0 Å². The fourth-order valence-electron chi connectivity index (χ4n) is 1.94. The molecular formula is C15H21NO3. The Hall–Kier alpha value is -1.84. The fourth-order valence-corrected chi connectivity index (χ4v) is 1.94. The second-order valence-corrected chi connectivity index (χ2v) is 5.05. The predicted molar refractivity (Wildman–Crippen MR) is 74.2 cm³/mol. The summed E-state index contributed by atoms with van der Waals surface area (Å²) in [7, 11) is 0. The van der Waals surface area contributed by atoms with Crippen molar-refractivity contribution < 1.29 is 14.7 Å². The molecule has 4 heteroatoms. The van der Waals surface area contributed by atoms with Gasteiger partial charge >= 0.3 is 5.97 Å². The second kappa shape index (κ2) is 6.92. The number of hydrogen-bond acceptors (Lipinski definition) is 2. The second-order valence-electron chi connectivity index (χ2n) is 5.05. The molecule has 19 heavy (non-hydrogen) atoms. The van der Waals surface area contributed by atoms with Gasteiger partial charge in [0, 0.05) is 19.4 Å². The number of carboxylic acid groups (broad SMARTS) is 1. The molecule has 1 rings (SSSR count). The van der Waals surface area contributed by atoms with Gasteiger partial charge in [-0.3, -0.25) is 9.59 Å². The number of carbonyl (C=O) groups excluding carboxylic acids is 1. The molecular weight excluding hydrogens is 242 g/mol. The monoisotopic (exact) mass is 263 g/mol. The first-order valence-corrected chi connectivity index (χ1v) is 6.46. The third-order valence-electron chi connectivity index (χ3n) is 3.09. The summed E-state index contributed by atoms with van der Waals surface area (Å²) in [6.45, 7) is 6.00. The number of amides is 1. The summed E-state index contributed by atoms with van der Waals surface area (Å²) in [5, 5.41) is 11.6. The number of hydrogen-bond donors (Lipinski definition) is 2. The Kier molecular flexibility index (Phi) is 5.55. The summed E-state index contributed by atoms with van der Waals surface area (Å²) in [4.78, 5) is 21.8. The average molecular weight is 263 g/mol. The van der Waals surface area contributed by atoms with E-state index < -0.39 is 5.97 Å². The summed E-state index contributed by atoms with van der Waals surface area (Å²) in [5.41, 5.74) is 2.16. The van der Waals surface area contributed by atoms with Crippen LogP contribution in [0.1, 0.15) is 50.2 Å². The molecule has 4 nitrogen and oxygen atoms in total. The fraction of sp³-hybridized carbons (Fsp3) is 0.467. The number of nitrogens with one attached hydrogen (secondary N) is 1. The zero-order valence-corrected chi connectivity index (χ0v) is 11.6. The maximum Gasteiger partial charge on any atom is 0.304 e. The lowest BCUT2D eigenvalue weighted by Gasteiger charge is -2.16. The summed E-state index contributed by atoms with van der Waals surface area (Å²) in [6.07, 6.45) is 0.0152. The van der Waals surface area contributed by atoms with Crippen molar-refractivity contribution in [1.29, 1.82) is 0 Å². The lowest BCUT2D eigenvalue weighted by atomic mass is 9.93. The van der Waals surface area contributed by atoms with Crippen molar-refractivity contribution in [2.45, 2.75) is 39.0 Å². The van der Waals surface area contributed by atoms with Gasteiger partial charge in [-0.05, 0) is 17.0 Å². The van der Waals surface area contributed by atoms with Gasteiger partial charge in [-0.25, -0.2) is 0 Å². The molecule has 0 bridgehead atoms. The largest absolute Gasteiger partial charge is 0.481 e. The van der Waals surface area contributed by atoms with Gasteiger partial charge in [0.15, 0.2) is 0 Å². The highest BCUT2D eigenvalue weighted by molar-refractivity contribution is 5.73. The van der Waals surface area contributed by atoms with Crippen LogP contribution in [0.25, 0.3) is 0 Å². The van der Waals surface area contributed by atoms with Crippen molar-refractivity contribution in [3.05, 3.63) is 35.4 Å². The number of aliphatic carboxylic acids is 1. The zero-order valence-electron chi connectivity index (χ0n) is 11.6. The van der Waals surface area contributed by atoms with E-state index in [-0.39, 0.29) is 18.2 Å². The molecule has 0 aliphatic heterocycles. The van der Waals surface area contributed by atoms with Crippen LogP contribution < -0.4 is 5.32 Å². The van der Waals surface area contributed by atoms with E-state index in [4.69, 9.17) is 5.11 Å². The lowest BCUT2D eigenvalue weighted by molar-refractivity contribution is -0.137. The Balaban J connectivity index is 2.83. The molecule has 2 N–H and O–H groups in total. The van der Waals surface area contributed by atoms with Crippen LogP contribution in [0.5, 0.6) is 0 Å². The SMILES string of the molecule is CC(=O)NCC(CC(=O)O)c1ccc(C(C)C)cc1. The molecule has 0 aliphatic rings. The van der Waals surface area contributed by atoms with E-state index >= 15 is 0 Å². The first-order valence-electron chi connectivity index (χ1n) is 6.46. The van der Waals surface area contributed by atoms with E-state index in [1.54, 1.807) is 0 Å². The van der Waals surface area contributed by atoms with Gasteiger partial charge in [0.05, 0.1) is 6.42 Å². The van der Waals surface area contributed by atoms with Crippen LogP contribution in [0.15, 0.2) is 24.3 Å². The van der Waals surface area contributed by atoms with Crippen LogP contribution in [0, 0.1) is 0 Å². The highest BCUT2D eigenvalue weighted by Gasteiger charge is 2.16. The van der Waals surface area contributed by atoms with Crippen LogP contribution in [-0.2, 0) is 9.59 Å². The minimum atomic E-state index is -0.858. The van der Waals surface area contributed by atoms with Gasteiger partial charge in [-0.15, -0.1) is 0 Å². The van der Waals surface area contributed by atoms with Crippen molar-refractivity contribution >= 4 is 11.9 Å². The molecule has 0 aromatic heterocycles. The van der Waals surface area contributed by atoms with Gasteiger partial charge in [0.2, 0.25) is 5.91 Å². The molecule has 1 amide bonds.